The number of amides is 2. The van der Waals surface area contributed by atoms with Crippen molar-refractivity contribution in [2.45, 2.75) is 25.9 Å². The van der Waals surface area contributed by atoms with Gasteiger partial charge in [0.15, 0.2) is 0 Å². The van der Waals surface area contributed by atoms with E-state index in [0.29, 0.717) is 45.6 Å². The second-order valence-corrected chi connectivity index (χ2v) is 6.84. The zero-order valence-corrected chi connectivity index (χ0v) is 15.1. The smallest absolute Gasteiger partial charge is 0.320 e. The molecule has 9 heteroatoms. The molecule has 2 aromatic rings. The van der Waals surface area contributed by atoms with Gasteiger partial charge in [-0.2, -0.15) is 10.4 Å². The lowest BCUT2D eigenvalue weighted by Gasteiger charge is -2.35. The molecule has 28 heavy (non-hydrogen) atoms. The summed E-state index contributed by atoms with van der Waals surface area (Å²) < 4.78 is 28.8. The van der Waals surface area contributed by atoms with E-state index in [2.05, 4.69) is 16.2 Å². The Balaban J connectivity index is 1.46. The average molecular weight is 384 g/mol. The second kappa shape index (κ2) is 7.38. The molecule has 2 aliphatic rings. The number of nitriles is 1. The number of benzene rings is 1. The van der Waals surface area contributed by atoms with Crippen molar-refractivity contribution in [3.05, 3.63) is 53.1 Å². The van der Waals surface area contributed by atoms with E-state index in [9.17, 15) is 18.8 Å². The summed E-state index contributed by atoms with van der Waals surface area (Å²) in [7, 11) is 0. The fourth-order valence-corrected chi connectivity index (χ4v) is 3.69. The van der Waals surface area contributed by atoms with Crippen LogP contribution in [-0.4, -0.2) is 50.2 Å². The van der Waals surface area contributed by atoms with Gasteiger partial charge >= 0.3 is 6.03 Å². The highest BCUT2D eigenvalue weighted by Gasteiger charge is 2.28. The fraction of sp³-hybridized carbons (Fsp3) is 0.368. The molecule has 0 N–H and O–H groups in total. The molecule has 0 atom stereocenters. The Morgan fingerprint density at radius 3 is 2.43 bits per heavy atom. The minimum atomic E-state index is -0.714. The highest BCUT2D eigenvalue weighted by Crippen LogP contribution is 2.28. The number of hydrogen-bond donors (Lipinski definition) is 0. The largest absolute Gasteiger partial charge is 0.324 e. The molecular weight excluding hydrogens is 366 g/mol. The fourth-order valence-electron chi connectivity index (χ4n) is 3.69. The summed E-state index contributed by atoms with van der Waals surface area (Å²) in [6.07, 6.45) is 2.48. The van der Waals surface area contributed by atoms with Crippen molar-refractivity contribution in [2.24, 2.45) is 0 Å². The van der Waals surface area contributed by atoms with Gasteiger partial charge in [0.1, 0.15) is 23.8 Å². The maximum absolute atomic E-state index is 13.5. The number of hydrogen-bond acceptors (Lipinski definition) is 4. The van der Waals surface area contributed by atoms with Crippen molar-refractivity contribution < 1.29 is 13.6 Å². The zero-order chi connectivity index (χ0) is 19.7. The van der Waals surface area contributed by atoms with Gasteiger partial charge in [-0.05, 0) is 36.1 Å². The third-order valence-electron chi connectivity index (χ3n) is 5.13. The van der Waals surface area contributed by atoms with Crippen LogP contribution in [0.15, 0.2) is 30.1 Å². The standard InChI is InChI=1S/C19H18F2N6O/c20-15-7-14(8-16(21)9-15)17(10-22)13-1-3-25(4-2-13)19(28)26-5-6-27-18(11-26)23-12-24-27/h7-9,12H,1-6,11H2. The summed E-state index contributed by atoms with van der Waals surface area (Å²) in [5.41, 5.74) is 1.34. The van der Waals surface area contributed by atoms with Gasteiger partial charge < -0.3 is 9.80 Å². The molecule has 0 aliphatic carbocycles. The van der Waals surface area contributed by atoms with Crippen molar-refractivity contribution >= 4 is 11.6 Å². The van der Waals surface area contributed by atoms with E-state index >= 15 is 0 Å². The van der Waals surface area contributed by atoms with Crippen LogP contribution in [0.1, 0.15) is 24.2 Å². The normalized spacial score (nSPS) is 16.5. The summed E-state index contributed by atoms with van der Waals surface area (Å²) in [5.74, 6) is -0.667. The van der Waals surface area contributed by atoms with Crippen LogP contribution in [0.25, 0.3) is 5.57 Å². The van der Waals surface area contributed by atoms with E-state index in [4.69, 9.17) is 0 Å². The van der Waals surface area contributed by atoms with Gasteiger partial charge in [0.05, 0.1) is 24.7 Å². The van der Waals surface area contributed by atoms with E-state index in [1.165, 1.54) is 6.33 Å². The molecule has 144 valence electrons. The Kier molecular flexibility index (Phi) is 4.77. The number of urea groups is 1. The molecule has 1 aromatic carbocycles. The topological polar surface area (TPSA) is 78.0 Å². The van der Waals surface area contributed by atoms with Gasteiger partial charge in [-0.3, -0.25) is 0 Å². The van der Waals surface area contributed by atoms with Crippen molar-refractivity contribution in [3.63, 3.8) is 0 Å². The molecule has 1 aromatic heterocycles. The highest BCUT2D eigenvalue weighted by atomic mass is 19.1. The minimum absolute atomic E-state index is 0.0661. The highest BCUT2D eigenvalue weighted by molar-refractivity contribution is 5.80. The Morgan fingerprint density at radius 1 is 1.04 bits per heavy atom. The molecule has 2 amide bonds. The predicted molar refractivity (Wildman–Crippen MR) is 95.5 cm³/mol. The first-order valence-corrected chi connectivity index (χ1v) is 9.04. The molecule has 3 heterocycles. The summed E-state index contributed by atoms with van der Waals surface area (Å²) in [6.45, 7) is 2.52. The Labute approximate surface area is 160 Å². The molecule has 0 radical (unpaired) electrons. The van der Waals surface area contributed by atoms with Gasteiger partial charge in [0, 0.05) is 25.7 Å². The number of halogens is 2. The SMILES string of the molecule is N#CC(=C1CCN(C(=O)N2CCn3ncnc3C2)CC1)c1cc(F)cc(F)c1. The lowest BCUT2D eigenvalue weighted by Crippen LogP contribution is -2.48. The van der Waals surface area contributed by atoms with Crippen LogP contribution < -0.4 is 0 Å². The zero-order valence-electron chi connectivity index (χ0n) is 15.1. The summed E-state index contributed by atoms with van der Waals surface area (Å²) >= 11 is 0. The maximum Gasteiger partial charge on any atom is 0.320 e. The quantitative estimate of drug-likeness (QED) is 0.708. The van der Waals surface area contributed by atoms with Crippen molar-refractivity contribution in [1.82, 2.24) is 24.6 Å². The number of likely N-dealkylation sites (tertiary alicyclic amines) is 1. The molecule has 2 aliphatic heterocycles. The van der Waals surface area contributed by atoms with Gasteiger partial charge in [0.25, 0.3) is 0 Å². The van der Waals surface area contributed by atoms with Crippen LogP contribution in [0.5, 0.6) is 0 Å². The lowest BCUT2D eigenvalue weighted by atomic mass is 9.94. The molecule has 4 rings (SSSR count). The van der Waals surface area contributed by atoms with Crippen LogP contribution in [0.2, 0.25) is 0 Å². The van der Waals surface area contributed by atoms with E-state index in [-0.39, 0.29) is 17.2 Å². The maximum atomic E-state index is 13.5. The van der Waals surface area contributed by atoms with E-state index in [0.717, 1.165) is 29.6 Å². The van der Waals surface area contributed by atoms with Gasteiger partial charge in [-0.25, -0.2) is 23.2 Å². The molecule has 0 unspecified atom stereocenters. The van der Waals surface area contributed by atoms with Crippen LogP contribution in [0, 0.1) is 23.0 Å². The van der Waals surface area contributed by atoms with Gasteiger partial charge in [-0.1, -0.05) is 0 Å². The van der Waals surface area contributed by atoms with Crippen molar-refractivity contribution in [3.8, 4) is 6.07 Å². The second-order valence-electron chi connectivity index (χ2n) is 6.84. The molecule has 7 nitrogen and oxygen atoms in total. The van der Waals surface area contributed by atoms with Crippen molar-refractivity contribution in [1.29, 1.82) is 5.26 Å². The van der Waals surface area contributed by atoms with Crippen LogP contribution in [0.4, 0.5) is 13.6 Å². The molecule has 0 saturated carbocycles. The number of fused-ring (bicyclic) bond motifs is 1. The van der Waals surface area contributed by atoms with E-state index in [1.54, 1.807) is 14.5 Å². The first kappa shape index (κ1) is 18.1. The average Bonchev–Trinajstić information content (AvgIpc) is 3.15. The lowest BCUT2D eigenvalue weighted by molar-refractivity contribution is 0.135. The third-order valence-corrected chi connectivity index (χ3v) is 5.13. The molecule has 0 bridgehead atoms. The van der Waals surface area contributed by atoms with E-state index in [1.807, 2.05) is 0 Å². The molecular formula is C19H18F2N6O. The first-order valence-electron chi connectivity index (χ1n) is 9.04. The molecule has 0 spiro atoms. The van der Waals surface area contributed by atoms with Crippen molar-refractivity contribution in [2.75, 3.05) is 19.6 Å². The monoisotopic (exact) mass is 384 g/mol. The Morgan fingerprint density at radius 2 is 1.75 bits per heavy atom. The number of piperidine rings is 1. The van der Waals surface area contributed by atoms with Gasteiger partial charge in [-0.15, -0.1) is 0 Å². The van der Waals surface area contributed by atoms with Crippen LogP contribution in [-0.2, 0) is 13.1 Å². The first-order chi connectivity index (χ1) is 13.5. The molecule has 1 fully saturated rings. The number of rotatable bonds is 1. The predicted octanol–water partition coefficient (Wildman–Crippen LogP) is 2.57. The number of carbonyl (C=O) groups is 1. The molecule has 1 saturated heterocycles. The van der Waals surface area contributed by atoms with E-state index < -0.39 is 11.6 Å². The van der Waals surface area contributed by atoms with Crippen LogP contribution >= 0.6 is 0 Å². The summed E-state index contributed by atoms with van der Waals surface area (Å²) in [4.78, 5) is 20.5. The number of aromatic nitrogens is 3. The Bertz CT molecular complexity index is 962. The number of nitrogens with zero attached hydrogens (tertiary/aromatic N) is 6. The summed E-state index contributed by atoms with van der Waals surface area (Å²) in [5, 5.41) is 13.6. The van der Waals surface area contributed by atoms with Gasteiger partial charge in [0.2, 0.25) is 0 Å². The Hall–Kier alpha value is -3.28. The minimum Gasteiger partial charge on any atom is -0.324 e. The summed E-state index contributed by atoms with van der Waals surface area (Å²) in [6, 6.07) is 5.11. The third kappa shape index (κ3) is 3.45. The number of allylic oxidation sites excluding steroid dienone is 1. The number of carbonyl (C=O) groups excluding carboxylic acids is 1. The van der Waals surface area contributed by atoms with Crippen LogP contribution in [0.3, 0.4) is 0 Å².